The lowest BCUT2D eigenvalue weighted by Gasteiger charge is -2.12. The molecule has 1 aromatic heterocycles. The molecule has 1 aromatic carbocycles. The van der Waals surface area contributed by atoms with Gasteiger partial charge in [0.25, 0.3) is 5.91 Å². The summed E-state index contributed by atoms with van der Waals surface area (Å²) in [6.07, 6.45) is 2.87. The quantitative estimate of drug-likeness (QED) is 0.864. The van der Waals surface area contributed by atoms with E-state index in [0.717, 1.165) is 12.8 Å². The second-order valence-corrected chi connectivity index (χ2v) is 5.96. The van der Waals surface area contributed by atoms with Crippen molar-refractivity contribution in [3.8, 4) is 0 Å². The van der Waals surface area contributed by atoms with Crippen molar-refractivity contribution in [1.82, 2.24) is 4.98 Å². The zero-order valence-electron chi connectivity index (χ0n) is 12.2. The van der Waals surface area contributed by atoms with Crippen LogP contribution in [-0.4, -0.2) is 23.6 Å². The minimum Gasteiger partial charge on any atom is -0.368 e. The van der Waals surface area contributed by atoms with Gasteiger partial charge in [-0.1, -0.05) is 29.3 Å². The number of carbonyl (C=O) groups excluding carboxylic acids is 1. The van der Waals surface area contributed by atoms with Gasteiger partial charge >= 0.3 is 0 Å². The van der Waals surface area contributed by atoms with Crippen LogP contribution in [0.1, 0.15) is 12.8 Å². The standard InChI is InChI=1S/C16H15Cl2N3O2/c17-11-3-1-4-12(18)15(11)21-14-7-6-10(9-19-14)20-16(22)13-5-2-8-23-13/h1,3-4,6-7,9,13H,2,5,8H2,(H,19,21)(H,20,22). The first-order chi connectivity index (χ1) is 11.1. The van der Waals surface area contributed by atoms with E-state index in [2.05, 4.69) is 15.6 Å². The van der Waals surface area contributed by atoms with Crippen molar-refractivity contribution >= 4 is 46.3 Å². The number of carbonyl (C=O) groups is 1. The van der Waals surface area contributed by atoms with Crippen molar-refractivity contribution in [1.29, 1.82) is 0 Å². The summed E-state index contributed by atoms with van der Waals surface area (Å²) in [7, 11) is 0. The first-order valence-electron chi connectivity index (χ1n) is 7.23. The van der Waals surface area contributed by atoms with Crippen molar-refractivity contribution in [2.45, 2.75) is 18.9 Å². The molecule has 0 radical (unpaired) electrons. The van der Waals surface area contributed by atoms with Gasteiger partial charge in [-0.15, -0.1) is 0 Å². The molecule has 0 aliphatic carbocycles. The lowest BCUT2D eigenvalue weighted by molar-refractivity contribution is -0.124. The molecular weight excluding hydrogens is 337 g/mol. The van der Waals surface area contributed by atoms with Crippen LogP contribution in [0.4, 0.5) is 17.2 Å². The van der Waals surface area contributed by atoms with Gasteiger partial charge in [0.1, 0.15) is 11.9 Å². The van der Waals surface area contributed by atoms with Gasteiger partial charge in [0.2, 0.25) is 0 Å². The SMILES string of the molecule is O=C(Nc1ccc(Nc2c(Cl)cccc2Cl)nc1)C1CCCO1. The van der Waals surface area contributed by atoms with E-state index in [4.69, 9.17) is 27.9 Å². The van der Waals surface area contributed by atoms with E-state index < -0.39 is 0 Å². The van der Waals surface area contributed by atoms with Gasteiger partial charge in [-0.3, -0.25) is 4.79 Å². The average Bonchev–Trinajstić information content (AvgIpc) is 3.07. The second-order valence-electron chi connectivity index (χ2n) is 5.14. The maximum atomic E-state index is 12.0. The van der Waals surface area contributed by atoms with Gasteiger partial charge in [0.15, 0.2) is 0 Å². The van der Waals surface area contributed by atoms with Crippen LogP contribution in [0.25, 0.3) is 0 Å². The number of nitrogens with zero attached hydrogens (tertiary/aromatic N) is 1. The molecule has 1 amide bonds. The van der Waals surface area contributed by atoms with E-state index in [-0.39, 0.29) is 12.0 Å². The van der Waals surface area contributed by atoms with Gasteiger partial charge < -0.3 is 15.4 Å². The summed E-state index contributed by atoms with van der Waals surface area (Å²) in [5.74, 6) is 0.439. The molecule has 23 heavy (non-hydrogen) atoms. The summed E-state index contributed by atoms with van der Waals surface area (Å²) in [5, 5.41) is 6.87. The monoisotopic (exact) mass is 351 g/mol. The molecule has 1 unspecified atom stereocenters. The number of aromatic nitrogens is 1. The molecule has 5 nitrogen and oxygen atoms in total. The number of amides is 1. The number of pyridine rings is 1. The predicted octanol–water partition coefficient (Wildman–Crippen LogP) is 4.25. The molecule has 1 aliphatic rings. The number of benzene rings is 1. The van der Waals surface area contributed by atoms with E-state index in [0.29, 0.717) is 33.8 Å². The van der Waals surface area contributed by atoms with Gasteiger partial charge in [0.05, 0.1) is 27.6 Å². The Hall–Kier alpha value is -1.82. The Morgan fingerprint density at radius 2 is 2.00 bits per heavy atom. The van der Waals surface area contributed by atoms with Gasteiger partial charge in [-0.25, -0.2) is 4.98 Å². The summed E-state index contributed by atoms with van der Waals surface area (Å²) >= 11 is 12.2. The Balaban J connectivity index is 1.66. The lowest BCUT2D eigenvalue weighted by atomic mass is 10.2. The zero-order valence-corrected chi connectivity index (χ0v) is 13.7. The van der Waals surface area contributed by atoms with Crippen molar-refractivity contribution in [2.75, 3.05) is 17.2 Å². The van der Waals surface area contributed by atoms with Crippen molar-refractivity contribution in [2.24, 2.45) is 0 Å². The Labute approximate surface area is 144 Å². The van der Waals surface area contributed by atoms with Crippen LogP contribution in [0.15, 0.2) is 36.5 Å². The molecule has 2 N–H and O–H groups in total. The van der Waals surface area contributed by atoms with Gasteiger partial charge in [0, 0.05) is 6.61 Å². The number of hydrogen-bond donors (Lipinski definition) is 2. The number of halogens is 2. The smallest absolute Gasteiger partial charge is 0.253 e. The molecule has 2 aromatic rings. The molecule has 1 fully saturated rings. The maximum absolute atomic E-state index is 12.0. The van der Waals surface area contributed by atoms with Crippen molar-refractivity contribution in [3.63, 3.8) is 0 Å². The number of para-hydroxylation sites is 1. The first kappa shape index (κ1) is 16.1. The summed E-state index contributed by atoms with van der Waals surface area (Å²) in [6, 6.07) is 8.75. The van der Waals surface area contributed by atoms with Crippen LogP contribution >= 0.6 is 23.2 Å². The van der Waals surface area contributed by atoms with Crippen molar-refractivity contribution in [3.05, 3.63) is 46.6 Å². The van der Waals surface area contributed by atoms with Crippen LogP contribution in [0.5, 0.6) is 0 Å². The van der Waals surface area contributed by atoms with Crippen LogP contribution in [0, 0.1) is 0 Å². The number of rotatable bonds is 4. The second kappa shape index (κ2) is 7.17. The number of anilines is 3. The van der Waals surface area contributed by atoms with E-state index in [1.807, 2.05) is 0 Å². The molecular formula is C16H15Cl2N3O2. The Morgan fingerprint density at radius 1 is 1.22 bits per heavy atom. The Morgan fingerprint density at radius 3 is 2.61 bits per heavy atom. The van der Waals surface area contributed by atoms with E-state index in [9.17, 15) is 4.79 Å². The molecule has 1 aliphatic heterocycles. The molecule has 0 bridgehead atoms. The lowest BCUT2D eigenvalue weighted by Crippen LogP contribution is -2.26. The highest BCUT2D eigenvalue weighted by molar-refractivity contribution is 6.39. The number of nitrogens with one attached hydrogen (secondary N) is 2. The predicted molar refractivity (Wildman–Crippen MR) is 91.6 cm³/mol. The fraction of sp³-hybridized carbons (Fsp3) is 0.250. The highest BCUT2D eigenvalue weighted by Gasteiger charge is 2.23. The number of hydrogen-bond acceptors (Lipinski definition) is 4. The molecule has 7 heteroatoms. The summed E-state index contributed by atoms with van der Waals surface area (Å²) in [5.41, 5.74) is 1.21. The largest absolute Gasteiger partial charge is 0.368 e. The fourth-order valence-electron chi connectivity index (χ4n) is 2.29. The molecule has 1 atom stereocenters. The normalized spacial score (nSPS) is 17.0. The summed E-state index contributed by atoms with van der Waals surface area (Å²) in [4.78, 5) is 16.2. The van der Waals surface area contributed by atoms with Gasteiger partial charge in [-0.2, -0.15) is 0 Å². The fourth-order valence-corrected chi connectivity index (χ4v) is 2.79. The maximum Gasteiger partial charge on any atom is 0.253 e. The van der Waals surface area contributed by atoms with Crippen LogP contribution < -0.4 is 10.6 Å². The number of ether oxygens (including phenoxy) is 1. The Kier molecular flexibility index (Phi) is 5.00. The highest BCUT2D eigenvalue weighted by atomic mass is 35.5. The third-order valence-corrected chi connectivity index (χ3v) is 4.10. The molecule has 0 saturated carbocycles. The Bertz CT molecular complexity index is 681. The molecule has 2 heterocycles. The average molecular weight is 352 g/mol. The zero-order chi connectivity index (χ0) is 16.2. The topological polar surface area (TPSA) is 63.2 Å². The third kappa shape index (κ3) is 3.93. The highest BCUT2D eigenvalue weighted by Crippen LogP contribution is 2.32. The minimum absolute atomic E-state index is 0.140. The van der Waals surface area contributed by atoms with Crippen LogP contribution in [0.3, 0.4) is 0 Å². The summed E-state index contributed by atoms with van der Waals surface area (Å²) in [6.45, 7) is 0.637. The van der Waals surface area contributed by atoms with E-state index in [1.54, 1.807) is 36.5 Å². The van der Waals surface area contributed by atoms with Crippen molar-refractivity contribution < 1.29 is 9.53 Å². The molecule has 120 valence electrons. The minimum atomic E-state index is -0.366. The van der Waals surface area contributed by atoms with E-state index >= 15 is 0 Å². The summed E-state index contributed by atoms with van der Waals surface area (Å²) < 4.78 is 5.34. The van der Waals surface area contributed by atoms with Crippen LogP contribution in [0.2, 0.25) is 10.0 Å². The molecule has 0 spiro atoms. The third-order valence-electron chi connectivity index (χ3n) is 3.47. The van der Waals surface area contributed by atoms with Gasteiger partial charge in [-0.05, 0) is 37.1 Å². The molecule has 1 saturated heterocycles. The first-order valence-corrected chi connectivity index (χ1v) is 7.98. The van der Waals surface area contributed by atoms with E-state index in [1.165, 1.54) is 0 Å². The van der Waals surface area contributed by atoms with Crippen LogP contribution in [-0.2, 0) is 9.53 Å². The molecule has 3 rings (SSSR count).